The van der Waals surface area contributed by atoms with Gasteiger partial charge in [-0.2, -0.15) is 0 Å². The molecular formula is C22H28ClN3O2. The molecule has 2 N–H and O–H groups in total. The predicted molar refractivity (Wildman–Crippen MR) is 112 cm³/mol. The van der Waals surface area contributed by atoms with Crippen LogP contribution in [0, 0.1) is 5.92 Å². The highest BCUT2D eigenvalue weighted by molar-refractivity contribution is 6.32. The molecule has 1 aliphatic carbocycles. The Hall–Kier alpha value is -2.11. The van der Waals surface area contributed by atoms with E-state index >= 15 is 0 Å². The minimum Gasteiger partial charge on any atom is -0.506 e. The molecule has 1 saturated carbocycles. The molecule has 0 spiro atoms. The zero-order valence-electron chi connectivity index (χ0n) is 16.4. The second-order valence-corrected chi connectivity index (χ2v) is 8.25. The third kappa shape index (κ3) is 5.69. The number of nitrogens with one attached hydrogen (secondary N) is 1. The molecule has 5 nitrogen and oxygen atoms in total. The van der Waals surface area contributed by atoms with Crippen LogP contribution in [-0.2, 0) is 11.2 Å². The maximum Gasteiger partial charge on any atom is 0.220 e. The van der Waals surface area contributed by atoms with Gasteiger partial charge in [0.15, 0.2) is 0 Å². The smallest absolute Gasteiger partial charge is 0.220 e. The number of rotatable bonds is 9. The lowest BCUT2D eigenvalue weighted by atomic mass is 9.92. The molecule has 0 saturated heterocycles. The monoisotopic (exact) mass is 401 g/mol. The second kappa shape index (κ2) is 9.39. The van der Waals surface area contributed by atoms with Gasteiger partial charge in [-0.1, -0.05) is 23.7 Å². The standard InChI is InChI=1S/C22H28ClN3O2/c1-26(2)18(10-15-5-8-21(27)20(23)11-15)14-25-22(28)12-19(16-6-7-16)17-4-3-9-24-13-17/h3-5,8-9,11,13,16,18-19,27H,6-7,10,12,14H2,1-2H3,(H,25,28). The van der Waals surface area contributed by atoms with Gasteiger partial charge in [0.2, 0.25) is 5.91 Å². The summed E-state index contributed by atoms with van der Waals surface area (Å²) in [4.78, 5) is 18.9. The topological polar surface area (TPSA) is 65.5 Å². The summed E-state index contributed by atoms with van der Waals surface area (Å²) in [6.07, 6.45) is 7.27. The minimum atomic E-state index is 0.0799. The van der Waals surface area contributed by atoms with Crippen molar-refractivity contribution in [2.75, 3.05) is 20.6 Å². The Balaban J connectivity index is 1.56. The van der Waals surface area contributed by atoms with E-state index in [0.717, 1.165) is 17.5 Å². The van der Waals surface area contributed by atoms with Crippen LogP contribution >= 0.6 is 11.6 Å². The van der Waals surface area contributed by atoms with Crippen LogP contribution in [0.2, 0.25) is 5.02 Å². The number of amides is 1. The predicted octanol–water partition coefficient (Wildman–Crippen LogP) is 3.61. The van der Waals surface area contributed by atoms with Gasteiger partial charge in [-0.25, -0.2) is 0 Å². The van der Waals surface area contributed by atoms with Crippen LogP contribution in [0.4, 0.5) is 0 Å². The summed E-state index contributed by atoms with van der Waals surface area (Å²) in [7, 11) is 4.00. The molecule has 2 atom stereocenters. The number of hydrogen-bond acceptors (Lipinski definition) is 4. The molecule has 0 aliphatic heterocycles. The van der Waals surface area contributed by atoms with Crippen LogP contribution in [-0.4, -0.2) is 47.6 Å². The highest BCUT2D eigenvalue weighted by Crippen LogP contribution is 2.44. The van der Waals surface area contributed by atoms with Gasteiger partial charge < -0.3 is 15.3 Å². The van der Waals surface area contributed by atoms with E-state index in [9.17, 15) is 9.90 Å². The number of phenols is 1. The van der Waals surface area contributed by atoms with E-state index in [2.05, 4.69) is 21.3 Å². The Kier molecular flexibility index (Phi) is 6.92. The molecule has 150 valence electrons. The van der Waals surface area contributed by atoms with Crippen molar-refractivity contribution in [1.82, 2.24) is 15.2 Å². The number of nitrogens with zero attached hydrogens (tertiary/aromatic N) is 2. The Morgan fingerprint density at radius 3 is 2.75 bits per heavy atom. The van der Waals surface area contributed by atoms with Crippen LogP contribution in [0.1, 0.15) is 36.3 Å². The summed E-state index contributed by atoms with van der Waals surface area (Å²) < 4.78 is 0. The van der Waals surface area contributed by atoms with E-state index in [-0.39, 0.29) is 23.6 Å². The summed E-state index contributed by atoms with van der Waals surface area (Å²) in [5.41, 5.74) is 2.19. The van der Waals surface area contributed by atoms with Gasteiger partial charge >= 0.3 is 0 Å². The van der Waals surface area contributed by atoms with Crippen molar-refractivity contribution in [2.45, 2.75) is 37.6 Å². The van der Waals surface area contributed by atoms with Gasteiger partial charge in [-0.3, -0.25) is 9.78 Å². The average molecular weight is 402 g/mol. The van der Waals surface area contributed by atoms with Crippen molar-refractivity contribution in [3.8, 4) is 5.75 Å². The van der Waals surface area contributed by atoms with E-state index in [0.29, 0.717) is 23.9 Å². The maximum atomic E-state index is 12.6. The number of halogens is 1. The number of aromatic nitrogens is 1. The van der Waals surface area contributed by atoms with Gasteiger partial charge in [0.25, 0.3) is 0 Å². The van der Waals surface area contributed by atoms with Crippen molar-refractivity contribution >= 4 is 17.5 Å². The van der Waals surface area contributed by atoms with Crippen LogP contribution < -0.4 is 5.32 Å². The lowest BCUT2D eigenvalue weighted by Gasteiger charge is -2.25. The summed E-state index contributed by atoms with van der Waals surface area (Å²) in [6, 6.07) is 9.40. The number of carbonyl (C=O) groups is 1. The zero-order valence-corrected chi connectivity index (χ0v) is 17.2. The molecule has 1 heterocycles. The SMILES string of the molecule is CN(C)C(CNC(=O)CC(c1cccnc1)C1CC1)Cc1ccc(O)c(Cl)c1. The highest BCUT2D eigenvalue weighted by Gasteiger charge is 2.33. The normalized spacial score (nSPS) is 16.0. The second-order valence-electron chi connectivity index (χ2n) is 7.85. The summed E-state index contributed by atoms with van der Waals surface area (Å²) in [5, 5.41) is 13.0. The molecule has 6 heteroatoms. The molecule has 28 heavy (non-hydrogen) atoms. The first kappa shape index (κ1) is 20.6. The van der Waals surface area contributed by atoms with Crippen molar-refractivity contribution in [1.29, 1.82) is 0 Å². The third-order valence-electron chi connectivity index (χ3n) is 5.46. The van der Waals surface area contributed by atoms with Crippen molar-refractivity contribution < 1.29 is 9.90 Å². The molecule has 0 bridgehead atoms. The lowest BCUT2D eigenvalue weighted by molar-refractivity contribution is -0.121. The Bertz CT molecular complexity index is 794. The molecular weight excluding hydrogens is 374 g/mol. The molecule has 2 aromatic rings. The van der Waals surface area contributed by atoms with Gasteiger partial charge in [0.05, 0.1) is 5.02 Å². The molecule has 1 aromatic heterocycles. The first-order valence-electron chi connectivity index (χ1n) is 9.74. The van der Waals surface area contributed by atoms with E-state index in [1.807, 2.05) is 32.4 Å². The minimum absolute atomic E-state index is 0.0799. The van der Waals surface area contributed by atoms with Crippen molar-refractivity contribution in [3.63, 3.8) is 0 Å². The Morgan fingerprint density at radius 1 is 1.36 bits per heavy atom. The first-order chi connectivity index (χ1) is 13.4. The largest absolute Gasteiger partial charge is 0.506 e. The van der Waals surface area contributed by atoms with E-state index in [1.165, 1.54) is 12.8 Å². The third-order valence-corrected chi connectivity index (χ3v) is 5.76. The van der Waals surface area contributed by atoms with Gasteiger partial charge in [0.1, 0.15) is 5.75 Å². The number of aromatic hydroxyl groups is 1. The molecule has 0 radical (unpaired) electrons. The van der Waals surface area contributed by atoms with E-state index in [4.69, 9.17) is 11.6 Å². The van der Waals surface area contributed by atoms with Crippen molar-refractivity contribution in [3.05, 3.63) is 58.9 Å². The molecule has 1 aliphatic rings. The quantitative estimate of drug-likeness (QED) is 0.673. The number of likely N-dealkylation sites (N-methyl/N-ethyl adjacent to an activating group) is 1. The fourth-order valence-corrected chi connectivity index (χ4v) is 3.74. The number of carbonyl (C=O) groups excluding carboxylic acids is 1. The molecule has 3 rings (SSSR count). The fourth-order valence-electron chi connectivity index (χ4n) is 3.54. The van der Waals surface area contributed by atoms with Gasteiger partial charge in [-0.05, 0) is 74.5 Å². The molecule has 1 amide bonds. The maximum absolute atomic E-state index is 12.6. The Morgan fingerprint density at radius 2 is 2.14 bits per heavy atom. The van der Waals surface area contributed by atoms with Crippen LogP contribution in [0.5, 0.6) is 5.75 Å². The summed E-state index contributed by atoms with van der Waals surface area (Å²) >= 11 is 6.02. The van der Waals surface area contributed by atoms with E-state index < -0.39 is 0 Å². The van der Waals surface area contributed by atoms with Crippen LogP contribution in [0.3, 0.4) is 0 Å². The van der Waals surface area contributed by atoms with Crippen molar-refractivity contribution in [2.24, 2.45) is 5.92 Å². The van der Waals surface area contributed by atoms with Gasteiger partial charge in [0, 0.05) is 31.4 Å². The summed E-state index contributed by atoms with van der Waals surface area (Å²) in [5.74, 6) is 1.01. The number of phenolic OH excluding ortho intramolecular Hbond substituents is 1. The van der Waals surface area contributed by atoms with Gasteiger partial charge in [-0.15, -0.1) is 0 Å². The summed E-state index contributed by atoms with van der Waals surface area (Å²) in [6.45, 7) is 0.564. The van der Waals surface area contributed by atoms with Crippen LogP contribution in [0.25, 0.3) is 0 Å². The zero-order chi connectivity index (χ0) is 20.1. The lowest BCUT2D eigenvalue weighted by Crippen LogP contribution is -2.42. The molecule has 2 unspecified atom stereocenters. The number of pyridine rings is 1. The number of hydrogen-bond donors (Lipinski definition) is 2. The average Bonchev–Trinajstić information content (AvgIpc) is 3.51. The fraction of sp³-hybridized carbons (Fsp3) is 0.455. The Labute approximate surface area is 171 Å². The molecule has 1 fully saturated rings. The highest BCUT2D eigenvalue weighted by atomic mass is 35.5. The van der Waals surface area contributed by atoms with E-state index in [1.54, 1.807) is 18.3 Å². The first-order valence-corrected chi connectivity index (χ1v) is 10.1. The number of benzene rings is 1. The van der Waals surface area contributed by atoms with Crippen LogP contribution in [0.15, 0.2) is 42.7 Å². The molecule has 1 aromatic carbocycles.